The first-order valence-electron chi connectivity index (χ1n) is 21.1. The molecule has 0 nitrogen and oxygen atoms in total. The van der Waals surface area contributed by atoms with E-state index in [0.29, 0.717) is 11.8 Å². The molecule has 0 bridgehead atoms. The number of allylic oxidation sites excluding steroid dienone is 15. The zero-order valence-electron chi connectivity index (χ0n) is 35.5. The topological polar surface area (TPSA) is 0 Å². The summed E-state index contributed by atoms with van der Waals surface area (Å²) >= 11 is 0. The second kappa shape index (κ2) is 18.1. The lowest BCUT2D eigenvalue weighted by molar-refractivity contribution is 0.556. The van der Waals surface area contributed by atoms with Gasteiger partial charge in [-0.05, 0) is 148 Å². The fourth-order valence-electron chi connectivity index (χ4n) is 9.19. The molecule has 0 N–H and O–H groups in total. The van der Waals surface area contributed by atoms with Gasteiger partial charge in [0.1, 0.15) is 0 Å². The lowest BCUT2D eigenvalue weighted by atomic mass is 9.78. The van der Waals surface area contributed by atoms with Crippen LogP contribution in [0.25, 0.3) is 33.4 Å². The summed E-state index contributed by atoms with van der Waals surface area (Å²) in [5.41, 5.74) is 20.9. The van der Waals surface area contributed by atoms with Crippen LogP contribution in [-0.2, 0) is 0 Å². The highest BCUT2D eigenvalue weighted by molar-refractivity contribution is 5.90. The van der Waals surface area contributed by atoms with E-state index in [1.165, 1.54) is 89.1 Å². The largest absolute Gasteiger partial charge is 0.0987 e. The summed E-state index contributed by atoms with van der Waals surface area (Å²) in [6.07, 6.45) is 19.3. The lowest BCUT2D eigenvalue weighted by Gasteiger charge is -2.25. The Balaban J connectivity index is 1.30. The predicted octanol–water partition coefficient (Wildman–Crippen LogP) is 16.2. The van der Waals surface area contributed by atoms with Crippen molar-refractivity contribution in [3.05, 3.63) is 238 Å². The Bertz CT molecular complexity index is 2490. The lowest BCUT2D eigenvalue weighted by Crippen LogP contribution is -2.12. The Morgan fingerprint density at radius 1 is 0.707 bits per heavy atom. The van der Waals surface area contributed by atoms with Gasteiger partial charge in [0.25, 0.3) is 0 Å². The third kappa shape index (κ3) is 8.21. The third-order valence-corrected chi connectivity index (χ3v) is 12.7. The van der Waals surface area contributed by atoms with E-state index in [2.05, 4.69) is 231 Å². The highest BCUT2D eigenvalue weighted by atomic mass is 14.4. The van der Waals surface area contributed by atoms with Crippen LogP contribution in [0.4, 0.5) is 0 Å². The Morgan fingerprint density at radius 2 is 1.33 bits per heavy atom. The normalized spacial score (nSPS) is 17.6. The smallest absolute Gasteiger partial charge is 0.0167 e. The van der Waals surface area contributed by atoms with Gasteiger partial charge < -0.3 is 0 Å². The minimum absolute atomic E-state index is 0.144. The third-order valence-electron chi connectivity index (χ3n) is 12.7. The van der Waals surface area contributed by atoms with Crippen molar-refractivity contribution >= 4 is 22.3 Å². The van der Waals surface area contributed by atoms with E-state index in [4.69, 9.17) is 0 Å². The Labute approximate surface area is 348 Å². The number of aryl methyl sites for hydroxylation is 1. The molecule has 0 saturated heterocycles. The molecule has 290 valence electrons. The quantitative estimate of drug-likeness (QED) is 0.105. The molecule has 2 aliphatic rings. The first-order valence-corrected chi connectivity index (χ1v) is 21.1. The van der Waals surface area contributed by atoms with E-state index < -0.39 is 0 Å². The second-order valence-corrected chi connectivity index (χ2v) is 16.2. The van der Waals surface area contributed by atoms with Gasteiger partial charge in [-0.1, -0.05) is 197 Å². The van der Waals surface area contributed by atoms with E-state index in [1.807, 2.05) is 0 Å². The van der Waals surface area contributed by atoms with Crippen LogP contribution in [0.15, 0.2) is 199 Å². The van der Waals surface area contributed by atoms with Crippen LogP contribution < -0.4 is 0 Å². The standard InChI is InChI=1S/C58H58/c1-9-22-53-51(11-3)58(43(8)50(35-40(5)45-23-15-12-16-24-45)36-44(10-2)47-27-19-14-20-28-47)55-34-33-49(38-57(53)55)48-32-31-39(4)56(37-48)54-30-21-29-52(54)42(7)41(6)46-25-17-13-18-26-46/h9-28,30-38,41-43,58H,3,29H2,1-2,4-8H3/b22-9-,40-35+,44-10?,50-36+. The molecule has 0 amide bonds. The maximum Gasteiger partial charge on any atom is 0.0167 e. The van der Waals surface area contributed by atoms with Crippen molar-refractivity contribution in [2.75, 3.05) is 0 Å². The maximum atomic E-state index is 4.43. The highest BCUT2D eigenvalue weighted by Gasteiger charge is 2.34. The second-order valence-electron chi connectivity index (χ2n) is 16.2. The van der Waals surface area contributed by atoms with Gasteiger partial charge in [0, 0.05) is 5.92 Å². The van der Waals surface area contributed by atoms with Crippen molar-refractivity contribution in [2.24, 2.45) is 11.8 Å². The van der Waals surface area contributed by atoms with Crippen molar-refractivity contribution in [3.8, 4) is 11.1 Å². The fourth-order valence-corrected chi connectivity index (χ4v) is 9.19. The molecule has 0 aromatic heterocycles. The molecule has 4 atom stereocenters. The molecular formula is C58H58. The first kappa shape index (κ1) is 40.2. The highest BCUT2D eigenvalue weighted by Crippen LogP contribution is 2.50. The van der Waals surface area contributed by atoms with Crippen LogP contribution in [0, 0.1) is 18.8 Å². The van der Waals surface area contributed by atoms with Crippen molar-refractivity contribution in [1.29, 1.82) is 0 Å². The molecule has 0 saturated carbocycles. The van der Waals surface area contributed by atoms with E-state index in [1.54, 1.807) is 0 Å². The molecule has 7 rings (SSSR count). The van der Waals surface area contributed by atoms with Crippen LogP contribution in [0.1, 0.15) is 98.7 Å². The summed E-state index contributed by atoms with van der Waals surface area (Å²) in [5.74, 6) is 1.18. The summed E-state index contributed by atoms with van der Waals surface area (Å²) in [4.78, 5) is 0. The molecule has 58 heavy (non-hydrogen) atoms. The van der Waals surface area contributed by atoms with E-state index in [0.717, 1.165) is 6.42 Å². The van der Waals surface area contributed by atoms with Crippen molar-refractivity contribution in [2.45, 2.75) is 66.7 Å². The van der Waals surface area contributed by atoms with Gasteiger partial charge in [0.15, 0.2) is 0 Å². The zero-order valence-corrected chi connectivity index (χ0v) is 35.5. The SMILES string of the molecule is C=CC1=C(/C=C\C)c2cc(-c3ccc(C)c(C4=C(C(C)C(C)c5ccccc5)CC=C4)c3)ccc2C1C(C)C(=C/C(=CC)c1ccccc1)/C=C(\C)c1ccccc1. The average Bonchev–Trinajstić information content (AvgIpc) is 3.88. The molecule has 4 unspecified atom stereocenters. The van der Waals surface area contributed by atoms with Crippen molar-refractivity contribution in [3.63, 3.8) is 0 Å². The number of hydrogen-bond donors (Lipinski definition) is 0. The summed E-state index contributed by atoms with van der Waals surface area (Å²) in [6, 6.07) is 46.7. The molecule has 5 aromatic carbocycles. The number of benzene rings is 5. The van der Waals surface area contributed by atoms with E-state index in [-0.39, 0.29) is 11.8 Å². The summed E-state index contributed by atoms with van der Waals surface area (Å²) in [6.45, 7) is 20.4. The Morgan fingerprint density at radius 3 is 1.97 bits per heavy atom. The van der Waals surface area contributed by atoms with E-state index in [9.17, 15) is 0 Å². The zero-order chi connectivity index (χ0) is 40.8. The molecule has 0 aliphatic heterocycles. The van der Waals surface area contributed by atoms with E-state index >= 15 is 0 Å². The molecule has 5 aromatic rings. The van der Waals surface area contributed by atoms with Gasteiger partial charge in [-0.25, -0.2) is 0 Å². The monoisotopic (exact) mass is 754 g/mol. The number of hydrogen-bond acceptors (Lipinski definition) is 0. The van der Waals surface area contributed by atoms with Crippen molar-refractivity contribution in [1.82, 2.24) is 0 Å². The van der Waals surface area contributed by atoms with Crippen molar-refractivity contribution < 1.29 is 0 Å². The van der Waals surface area contributed by atoms with Crippen LogP contribution >= 0.6 is 0 Å². The Kier molecular flexibility index (Phi) is 12.5. The molecule has 0 radical (unpaired) electrons. The van der Waals surface area contributed by atoms with Crippen LogP contribution in [-0.4, -0.2) is 0 Å². The summed E-state index contributed by atoms with van der Waals surface area (Å²) < 4.78 is 0. The maximum absolute atomic E-state index is 4.43. The Hall–Kier alpha value is -5.98. The minimum atomic E-state index is 0.144. The molecule has 0 spiro atoms. The van der Waals surface area contributed by atoms with Gasteiger partial charge in [-0.15, -0.1) is 0 Å². The molecular weight excluding hydrogens is 697 g/mol. The fraction of sp³-hybridized carbons (Fsp3) is 0.207. The van der Waals surface area contributed by atoms with Gasteiger partial charge >= 0.3 is 0 Å². The average molecular weight is 755 g/mol. The van der Waals surface area contributed by atoms with Gasteiger partial charge in [0.05, 0.1) is 0 Å². The molecule has 0 heterocycles. The van der Waals surface area contributed by atoms with Gasteiger partial charge in [0.2, 0.25) is 0 Å². The van der Waals surface area contributed by atoms with Crippen LogP contribution in [0.3, 0.4) is 0 Å². The predicted molar refractivity (Wildman–Crippen MR) is 253 cm³/mol. The van der Waals surface area contributed by atoms with Crippen LogP contribution in [0.5, 0.6) is 0 Å². The molecule has 0 fully saturated rings. The summed E-state index contributed by atoms with van der Waals surface area (Å²) in [5, 5.41) is 0. The number of rotatable bonds is 13. The van der Waals surface area contributed by atoms with Crippen LogP contribution in [0.2, 0.25) is 0 Å². The molecule has 2 aliphatic carbocycles. The summed E-state index contributed by atoms with van der Waals surface area (Å²) in [7, 11) is 0. The van der Waals surface area contributed by atoms with Gasteiger partial charge in [-0.3, -0.25) is 0 Å². The minimum Gasteiger partial charge on any atom is -0.0987 e. The molecule has 0 heteroatoms. The number of fused-ring (bicyclic) bond motifs is 1. The first-order chi connectivity index (χ1) is 28.2. The van der Waals surface area contributed by atoms with Gasteiger partial charge in [-0.2, -0.15) is 0 Å².